The lowest BCUT2D eigenvalue weighted by Gasteiger charge is -2.19. The van der Waals surface area contributed by atoms with Crippen LogP contribution in [-0.4, -0.2) is 27.3 Å². The van der Waals surface area contributed by atoms with Crippen LogP contribution in [0.1, 0.15) is 83.8 Å². The first-order chi connectivity index (χ1) is 13.0. The predicted octanol–water partition coefficient (Wildman–Crippen LogP) is 5.43. The third kappa shape index (κ3) is 7.53. The van der Waals surface area contributed by atoms with Gasteiger partial charge in [-0.25, -0.2) is 0 Å². The van der Waals surface area contributed by atoms with Crippen molar-refractivity contribution in [1.82, 2.24) is 0 Å². The minimum absolute atomic E-state index is 0.353. The molecule has 0 saturated heterocycles. The molecular weight excluding hydrogens is 356 g/mol. The van der Waals surface area contributed by atoms with Gasteiger partial charge >= 0.3 is 11.9 Å². The summed E-state index contributed by atoms with van der Waals surface area (Å²) >= 11 is 0. The quantitative estimate of drug-likeness (QED) is 0.389. The standard InChI is InChI=1S/C23H36O5/c1-22(2,20(25)26)15-8-5-6-11-17-13-10-14-18(19(17)24)12-7-9-16-23(3,4)21(27)28/h10,13-14,24H,5-9,11-12,15-16H2,1-4H3,(H,25,26)(H,27,28). The van der Waals surface area contributed by atoms with Crippen LogP contribution in [0.5, 0.6) is 5.75 Å². The number of rotatable bonds is 13. The van der Waals surface area contributed by atoms with E-state index < -0.39 is 22.8 Å². The molecule has 1 aromatic carbocycles. The van der Waals surface area contributed by atoms with E-state index in [1.807, 2.05) is 18.2 Å². The summed E-state index contributed by atoms with van der Waals surface area (Å²) in [6.07, 6.45) is 7.15. The number of hydrogen-bond donors (Lipinski definition) is 3. The molecule has 28 heavy (non-hydrogen) atoms. The van der Waals surface area contributed by atoms with Crippen molar-refractivity contribution in [3.05, 3.63) is 29.3 Å². The smallest absolute Gasteiger partial charge is 0.309 e. The van der Waals surface area contributed by atoms with Gasteiger partial charge in [0.2, 0.25) is 0 Å². The normalized spacial score (nSPS) is 12.1. The van der Waals surface area contributed by atoms with Crippen molar-refractivity contribution >= 4 is 11.9 Å². The van der Waals surface area contributed by atoms with E-state index in [1.54, 1.807) is 27.7 Å². The lowest BCUT2D eigenvalue weighted by molar-refractivity contribution is -0.148. The maximum absolute atomic E-state index is 11.1. The van der Waals surface area contributed by atoms with Gasteiger partial charge in [-0.3, -0.25) is 9.59 Å². The molecule has 5 nitrogen and oxygen atoms in total. The molecule has 1 rings (SSSR count). The second-order valence-electron chi connectivity index (χ2n) is 9.07. The second kappa shape index (κ2) is 10.5. The summed E-state index contributed by atoms with van der Waals surface area (Å²) in [6, 6.07) is 5.82. The molecule has 0 radical (unpaired) electrons. The van der Waals surface area contributed by atoms with E-state index in [9.17, 15) is 14.7 Å². The fourth-order valence-corrected chi connectivity index (χ4v) is 3.20. The Morgan fingerprint density at radius 3 is 1.57 bits per heavy atom. The molecule has 0 bridgehead atoms. The van der Waals surface area contributed by atoms with Crippen LogP contribution in [0.15, 0.2) is 18.2 Å². The second-order valence-corrected chi connectivity index (χ2v) is 9.07. The van der Waals surface area contributed by atoms with Crippen LogP contribution in [0.4, 0.5) is 0 Å². The molecule has 0 spiro atoms. The van der Waals surface area contributed by atoms with Crippen molar-refractivity contribution in [2.45, 2.75) is 85.5 Å². The number of para-hydroxylation sites is 1. The minimum atomic E-state index is -0.774. The third-order valence-electron chi connectivity index (χ3n) is 5.61. The van der Waals surface area contributed by atoms with Crippen molar-refractivity contribution in [1.29, 1.82) is 0 Å². The highest BCUT2D eigenvalue weighted by molar-refractivity contribution is 5.73. The molecule has 158 valence electrons. The molecule has 0 atom stereocenters. The summed E-state index contributed by atoms with van der Waals surface area (Å²) in [6.45, 7) is 6.99. The molecule has 0 heterocycles. The Hall–Kier alpha value is -2.04. The number of carbonyl (C=O) groups is 2. The number of benzene rings is 1. The lowest BCUT2D eigenvalue weighted by atomic mass is 9.86. The molecule has 0 amide bonds. The zero-order valence-electron chi connectivity index (χ0n) is 17.8. The van der Waals surface area contributed by atoms with Gasteiger partial charge in [0, 0.05) is 0 Å². The number of aryl methyl sites for hydroxylation is 2. The van der Waals surface area contributed by atoms with Gasteiger partial charge in [-0.15, -0.1) is 0 Å². The molecule has 5 heteroatoms. The Balaban J connectivity index is 2.43. The fourth-order valence-electron chi connectivity index (χ4n) is 3.20. The summed E-state index contributed by atoms with van der Waals surface area (Å²) in [4.78, 5) is 22.3. The van der Waals surface area contributed by atoms with E-state index in [0.29, 0.717) is 18.6 Å². The summed E-state index contributed by atoms with van der Waals surface area (Å²) in [5, 5.41) is 28.8. The highest BCUT2D eigenvalue weighted by atomic mass is 16.4. The first-order valence-corrected chi connectivity index (χ1v) is 10.2. The predicted molar refractivity (Wildman–Crippen MR) is 111 cm³/mol. The minimum Gasteiger partial charge on any atom is -0.507 e. The summed E-state index contributed by atoms with van der Waals surface area (Å²) in [7, 11) is 0. The average molecular weight is 393 g/mol. The third-order valence-corrected chi connectivity index (χ3v) is 5.61. The molecule has 0 aromatic heterocycles. The maximum atomic E-state index is 11.1. The van der Waals surface area contributed by atoms with E-state index in [4.69, 9.17) is 10.2 Å². The number of aliphatic carboxylic acids is 2. The number of phenolic OH excluding ortho intramolecular Hbond substituents is 1. The number of unbranched alkanes of at least 4 members (excludes halogenated alkanes) is 3. The Labute approximate surface area is 168 Å². The van der Waals surface area contributed by atoms with E-state index >= 15 is 0 Å². The van der Waals surface area contributed by atoms with Crippen molar-refractivity contribution in [2.24, 2.45) is 10.8 Å². The van der Waals surface area contributed by atoms with Crippen LogP contribution in [0.25, 0.3) is 0 Å². The summed E-state index contributed by atoms with van der Waals surface area (Å²) < 4.78 is 0. The van der Waals surface area contributed by atoms with E-state index in [1.165, 1.54) is 0 Å². The zero-order chi connectivity index (χ0) is 21.4. The number of carboxylic acid groups (broad SMARTS) is 2. The van der Waals surface area contributed by atoms with E-state index in [0.717, 1.165) is 56.1 Å². The highest BCUT2D eigenvalue weighted by Gasteiger charge is 2.26. The lowest BCUT2D eigenvalue weighted by Crippen LogP contribution is -2.23. The number of hydrogen-bond acceptors (Lipinski definition) is 3. The SMILES string of the molecule is CC(C)(CCCCCc1cccc(CCCCC(C)(C)C(=O)O)c1O)C(=O)O. The molecule has 3 N–H and O–H groups in total. The zero-order valence-corrected chi connectivity index (χ0v) is 17.8. The maximum Gasteiger partial charge on any atom is 0.309 e. The van der Waals surface area contributed by atoms with E-state index in [2.05, 4.69) is 0 Å². The van der Waals surface area contributed by atoms with Crippen molar-refractivity contribution in [2.75, 3.05) is 0 Å². The van der Waals surface area contributed by atoms with Gasteiger partial charge in [0.15, 0.2) is 0 Å². The van der Waals surface area contributed by atoms with Gasteiger partial charge in [-0.2, -0.15) is 0 Å². The van der Waals surface area contributed by atoms with Crippen LogP contribution in [0.3, 0.4) is 0 Å². The Kier molecular flexibility index (Phi) is 8.99. The Morgan fingerprint density at radius 1 is 0.750 bits per heavy atom. The Bertz CT molecular complexity index is 661. The largest absolute Gasteiger partial charge is 0.507 e. The topological polar surface area (TPSA) is 94.8 Å². The molecule has 0 aliphatic heterocycles. The van der Waals surface area contributed by atoms with Gasteiger partial charge in [0.25, 0.3) is 0 Å². The molecule has 0 aliphatic rings. The number of phenols is 1. The van der Waals surface area contributed by atoms with E-state index in [-0.39, 0.29) is 0 Å². The summed E-state index contributed by atoms with van der Waals surface area (Å²) in [5.74, 6) is -1.18. The van der Waals surface area contributed by atoms with Crippen molar-refractivity contribution in [3.8, 4) is 5.75 Å². The van der Waals surface area contributed by atoms with Crippen molar-refractivity contribution < 1.29 is 24.9 Å². The first kappa shape index (κ1) is 24.0. The average Bonchev–Trinajstić information content (AvgIpc) is 2.60. The highest BCUT2D eigenvalue weighted by Crippen LogP contribution is 2.29. The molecule has 1 aromatic rings. The molecule has 0 unspecified atom stereocenters. The first-order valence-electron chi connectivity index (χ1n) is 10.2. The van der Waals surface area contributed by atoms with Crippen LogP contribution in [0.2, 0.25) is 0 Å². The van der Waals surface area contributed by atoms with Gasteiger partial charge in [0.05, 0.1) is 10.8 Å². The summed E-state index contributed by atoms with van der Waals surface area (Å²) in [5.41, 5.74) is 0.453. The van der Waals surface area contributed by atoms with Gasteiger partial charge in [0.1, 0.15) is 5.75 Å². The monoisotopic (exact) mass is 392 g/mol. The molecule has 0 aliphatic carbocycles. The Morgan fingerprint density at radius 2 is 1.14 bits per heavy atom. The van der Waals surface area contributed by atoms with Crippen LogP contribution in [0, 0.1) is 10.8 Å². The molecular formula is C23H36O5. The van der Waals surface area contributed by atoms with Gasteiger partial charge in [-0.05, 0) is 77.3 Å². The van der Waals surface area contributed by atoms with Crippen LogP contribution in [-0.2, 0) is 22.4 Å². The molecule has 0 fully saturated rings. The molecule has 0 saturated carbocycles. The number of aromatic hydroxyl groups is 1. The van der Waals surface area contributed by atoms with Crippen LogP contribution >= 0.6 is 0 Å². The van der Waals surface area contributed by atoms with Crippen molar-refractivity contribution in [3.63, 3.8) is 0 Å². The fraction of sp³-hybridized carbons (Fsp3) is 0.652. The number of carboxylic acids is 2. The van der Waals surface area contributed by atoms with Gasteiger partial charge < -0.3 is 15.3 Å². The van der Waals surface area contributed by atoms with Crippen LogP contribution < -0.4 is 0 Å². The van der Waals surface area contributed by atoms with Gasteiger partial charge in [-0.1, -0.05) is 37.5 Å².